The summed E-state index contributed by atoms with van der Waals surface area (Å²) in [5, 5.41) is 5.59. The maximum absolute atomic E-state index is 13.0. The Morgan fingerprint density at radius 3 is 2.24 bits per heavy atom. The minimum Gasteiger partial charge on any atom is -0.464 e. The highest BCUT2D eigenvalue weighted by molar-refractivity contribution is 6.30. The van der Waals surface area contributed by atoms with Crippen LogP contribution in [0.1, 0.15) is 66.0 Å². The third-order valence-corrected chi connectivity index (χ3v) is 4.92. The molecule has 0 saturated heterocycles. The summed E-state index contributed by atoms with van der Waals surface area (Å²) in [5.41, 5.74) is 1.43. The molecule has 1 amide bonds. The van der Waals surface area contributed by atoms with Gasteiger partial charge < -0.3 is 20.1 Å². The van der Waals surface area contributed by atoms with Gasteiger partial charge in [0.15, 0.2) is 11.6 Å². The van der Waals surface area contributed by atoms with Crippen molar-refractivity contribution in [3.63, 3.8) is 0 Å². The molecule has 2 N–H and O–H groups in total. The first-order valence-electron chi connectivity index (χ1n) is 10.8. The zero-order valence-corrected chi connectivity index (χ0v) is 19.2. The molecule has 8 heteroatoms. The molecular weight excluding hydrogens is 424 g/mol. The highest BCUT2D eigenvalue weighted by Crippen LogP contribution is 2.31. The average molecular weight is 453 g/mol. The van der Waals surface area contributed by atoms with Crippen molar-refractivity contribution in [1.82, 2.24) is 5.32 Å². The van der Waals surface area contributed by atoms with Gasteiger partial charge in [0.1, 0.15) is 11.6 Å². The lowest BCUT2D eigenvalue weighted by Crippen LogP contribution is -2.42. The minimum atomic E-state index is -0.849. The van der Waals surface area contributed by atoms with Crippen LogP contribution in [0.4, 0.5) is 10.5 Å². The molecule has 0 radical (unpaired) electrons. The van der Waals surface area contributed by atoms with Gasteiger partial charge in [0.2, 0.25) is 0 Å². The second-order valence-electron chi connectivity index (χ2n) is 8.75. The first-order chi connectivity index (χ1) is 15.6. The van der Waals surface area contributed by atoms with E-state index in [1.54, 1.807) is 63.2 Å². The van der Waals surface area contributed by atoms with Crippen molar-refractivity contribution < 1.29 is 28.7 Å². The van der Waals surface area contributed by atoms with Gasteiger partial charge in [-0.25, -0.2) is 9.59 Å². The molecule has 1 aliphatic carbocycles. The van der Waals surface area contributed by atoms with Gasteiger partial charge in [-0.1, -0.05) is 36.4 Å². The lowest BCUT2D eigenvalue weighted by Gasteiger charge is -2.21. The molecule has 0 saturated carbocycles. The van der Waals surface area contributed by atoms with Crippen LogP contribution in [0.3, 0.4) is 0 Å². The maximum atomic E-state index is 13.0. The molecule has 2 aromatic rings. The summed E-state index contributed by atoms with van der Waals surface area (Å²) < 4.78 is 10.3. The molecule has 0 spiro atoms. The number of nitrogens with one attached hydrogen (secondary N) is 2. The first-order valence-corrected chi connectivity index (χ1v) is 10.8. The number of rotatable bonds is 7. The monoisotopic (exact) mass is 452 g/mol. The SMILES string of the molecule is C[C@H](NC(=O)OC(C)(C)C)C(=O)OCCCNc1cccc2c1C(=O)c1ccccc1C2=O. The van der Waals surface area contributed by atoms with E-state index in [2.05, 4.69) is 10.6 Å². The molecule has 2 aromatic carbocycles. The fourth-order valence-corrected chi connectivity index (χ4v) is 3.43. The van der Waals surface area contributed by atoms with Gasteiger partial charge in [0.25, 0.3) is 0 Å². The number of alkyl carbamates (subject to hydrolysis) is 1. The molecule has 0 bridgehead atoms. The third-order valence-electron chi connectivity index (χ3n) is 4.92. The Labute approximate surface area is 192 Å². The number of esters is 1. The third kappa shape index (κ3) is 5.77. The van der Waals surface area contributed by atoms with E-state index in [1.807, 2.05) is 0 Å². The van der Waals surface area contributed by atoms with Crippen molar-refractivity contribution in [2.45, 2.75) is 45.8 Å². The van der Waals surface area contributed by atoms with E-state index in [0.29, 0.717) is 40.9 Å². The van der Waals surface area contributed by atoms with Crippen LogP contribution in [0, 0.1) is 0 Å². The Balaban J connectivity index is 1.51. The predicted molar refractivity (Wildman–Crippen MR) is 123 cm³/mol. The van der Waals surface area contributed by atoms with E-state index < -0.39 is 23.7 Å². The zero-order chi connectivity index (χ0) is 24.2. The molecule has 8 nitrogen and oxygen atoms in total. The maximum Gasteiger partial charge on any atom is 0.408 e. The summed E-state index contributed by atoms with van der Waals surface area (Å²) in [6.45, 7) is 7.25. The van der Waals surface area contributed by atoms with Crippen molar-refractivity contribution in [1.29, 1.82) is 0 Å². The topological polar surface area (TPSA) is 111 Å². The first kappa shape index (κ1) is 24.0. The van der Waals surface area contributed by atoms with Gasteiger partial charge in [-0.2, -0.15) is 0 Å². The van der Waals surface area contributed by atoms with E-state index in [1.165, 1.54) is 6.92 Å². The number of ketones is 2. The summed E-state index contributed by atoms with van der Waals surface area (Å²) in [5.74, 6) is -0.948. The Morgan fingerprint density at radius 2 is 1.58 bits per heavy atom. The fourth-order valence-electron chi connectivity index (χ4n) is 3.43. The van der Waals surface area contributed by atoms with Crippen LogP contribution in [0.15, 0.2) is 42.5 Å². The number of carbonyl (C=O) groups excluding carboxylic acids is 4. The summed E-state index contributed by atoms with van der Waals surface area (Å²) in [4.78, 5) is 49.6. The second kappa shape index (κ2) is 9.85. The molecule has 0 fully saturated rings. The van der Waals surface area contributed by atoms with Crippen LogP contribution in [-0.2, 0) is 14.3 Å². The standard InChI is InChI=1S/C25H28N2O6/c1-15(27-24(31)33-25(2,3)4)23(30)32-14-8-13-26-19-12-7-11-18-20(19)22(29)17-10-6-5-9-16(17)21(18)28/h5-7,9-12,15,26H,8,13-14H2,1-4H3,(H,27,31)/t15-/m0/s1. The van der Waals surface area contributed by atoms with Crippen LogP contribution < -0.4 is 10.6 Å². The minimum absolute atomic E-state index is 0.122. The number of ether oxygens (including phenoxy) is 2. The van der Waals surface area contributed by atoms with Gasteiger partial charge >= 0.3 is 12.1 Å². The van der Waals surface area contributed by atoms with E-state index >= 15 is 0 Å². The normalized spacial score (nSPS) is 13.5. The molecule has 1 atom stereocenters. The van der Waals surface area contributed by atoms with Gasteiger partial charge in [-0.3, -0.25) is 9.59 Å². The number of carbonyl (C=O) groups is 4. The Bertz CT molecular complexity index is 1090. The highest BCUT2D eigenvalue weighted by atomic mass is 16.6. The predicted octanol–water partition coefficient (Wildman–Crippen LogP) is 3.72. The molecule has 3 rings (SSSR count). The van der Waals surface area contributed by atoms with E-state index in [-0.39, 0.29) is 18.2 Å². The van der Waals surface area contributed by atoms with Gasteiger partial charge in [0, 0.05) is 28.9 Å². The molecule has 1 aliphatic rings. The Kier molecular flexibility index (Phi) is 7.16. The van der Waals surface area contributed by atoms with Crippen molar-refractivity contribution in [3.8, 4) is 0 Å². The fraction of sp³-hybridized carbons (Fsp3) is 0.360. The van der Waals surface area contributed by atoms with Gasteiger partial charge in [-0.05, 0) is 40.2 Å². The van der Waals surface area contributed by atoms with Crippen LogP contribution in [0.2, 0.25) is 0 Å². The Hall–Kier alpha value is -3.68. The number of hydrogen-bond acceptors (Lipinski definition) is 7. The largest absolute Gasteiger partial charge is 0.464 e. The molecule has 33 heavy (non-hydrogen) atoms. The molecular formula is C25H28N2O6. The van der Waals surface area contributed by atoms with E-state index in [4.69, 9.17) is 9.47 Å². The van der Waals surface area contributed by atoms with E-state index in [0.717, 1.165) is 0 Å². The average Bonchev–Trinajstić information content (AvgIpc) is 2.75. The van der Waals surface area contributed by atoms with Crippen LogP contribution in [0.5, 0.6) is 0 Å². The van der Waals surface area contributed by atoms with Gasteiger partial charge in [-0.15, -0.1) is 0 Å². The van der Waals surface area contributed by atoms with Gasteiger partial charge in [0.05, 0.1) is 12.2 Å². The van der Waals surface area contributed by atoms with Crippen molar-refractivity contribution >= 4 is 29.3 Å². The molecule has 0 aromatic heterocycles. The number of fused-ring (bicyclic) bond motifs is 2. The summed E-state index contributed by atoms with van der Waals surface area (Å²) >= 11 is 0. The molecule has 174 valence electrons. The number of amides is 1. The Morgan fingerprint density at radius 1 is 0.939 bits per heavy atom. The van der Waals surface area contributed by atoms with Crippen molar-refractivity contribution in [2.24, 2.45) is 0 Å². The number of anilines is 1. The second-order valence-corrected chi connectivity index (χ2v) is 8.75. The smallest absolute Gasteiger partial charge is 0.408 e. The molecule has 0 heterocycles. The number of benzene rings is 2. The quantitative estimate of drug-likeness (QED) is 0.415. The van der Waals surface area contributed by atoms with Crippen molar-refractivity contribution in [3.05, 3.63) is 64.7 Å². The molecule has 0 aliphatic heterocycles. The number of hydrogen-bond donors (Lipinski definition) is 2. The molecule has 0 unspecified atom stereocenters. The lowest BCUT2D eigenvalue weighted by atomic mass is 9.83. The van der Waals surface area contributed by atoms with Crippen LogP contribution >= 0.6 is 0 Å². The lowest BCUT2D eigenvalue weighted by molar-refractivity contribution is -0.145. The highest BCUT2D eigenvalue weighted by Gasteiger charge is 2.31. The summed E-state index contributed by atoms with van der Waals surface area (Å²) in [6, 6.07) is 11.1. The summed E-state index contributed by atoms with van der Waals surface area (Å²) in [7, 11) is 0. The van der Waals surface area contributed by atoms with Crippen LogP contribution in [-0.4, -0.2) is 48.4 Å². The van der Waals surface area contributed by atoms with E-state index in [9.17, 15) is 19.2 Å². The van der Waals surface area contributed by atoms with Crippen LogP contribution in [0.25, 0.3) is 0 Å². The summed E-state index contributed by atoms with van der Waals surface area (Å²) in [6.07, 6.45) is -0.226. The van der Waals surface area contributed by atoms with Crippen molar-refractivity contribution in [2.75, 3.05) is 18.5 Å². The zero-order valence-electron chi connectivity index (χ0n) is 19.2.